The molecule has 0 saturated carbocycles. The average molecular weight is 250 g/mol. The van der Waals surface area contributed by atoms with E-state index in [1.165, 1.54) is 6.20 Å². The van der Waals surface area contributed by atoms with E-state index in [0.29, 0.717) is 5.69 Å². The number of carboxylic acids is 1. The highest BCUT2D eigenvalue weighted by Gasteiger charge is 2.14. The van der Waals surface area contributed by atoms with Crippen molar-refractivity contribution in [2.45, 2.75) is 12.5 Å². The Morgan fingerprint density at radius 1 is 1.50 bits per heavy atom. The second kappa shape index (κ2) is 4.37. The molecule has 0 fully saturated rings. The van der Waals surface area contributed by atoms with E-state index in [1.807, 2.05) is 0 Å². The van der Waals surface area contributed by atoms with Gasteiger partial charge < -0.3 is 16.6 Å². The molecule has 0 saturated heterocycles. The van der Waals surface area contributed by atoms with Crippen LogP contribution >= 0.6 is 0 Å². The number of hydrogen-bond acceptors (Lipinski definition) is 7. The van der Waals surface area contributed by atoms with Gasteiger partial charge in [0.25, 0.3) is 5.56 Å². The number of carbonyl (C=O) groups is 1. The number of nitrogens with two attached hydrogens (primary N) is 2. The standard InChI is InChI=1S/C9H10N6O3/c10-4(8(17)18)1-3-2-12-6-5(13-3)7(16)15-9(11)14-6/h2,4H,1,10H2,(H,17,18)(H3,11,12,14,15,16). The number of H-pyrrole nitrogens is 1. The third-order valence-electron chi connectivity index (χ3n) is 2.23. The van der Waals surface area contributed by atoms with Crippen LogP contribution in [0.3, 0.4) is 0 Å². The minimum Gasteiger partial charge on any atom is -0.480 e. The Labute approximate surface area is 99.9 Å². The van der Waals surface area contributed by atoms with Crippen LogP contribution in [-0.4, -0.2) is 37.1 Å². The van der Waals surface area contributed by atoms with Crippen molar-refractivity contribution in [1.82, 2.24) is 19.9 Å². The van der Waals surface area contributed by atoms with Gasteiger partial charge in [0, 0.05) is 6.42 Å². The molecule has 2 heterocycles. The van der Waals surface area contributed by atoms with Gasteiger partial charge in [-0.05, 0) is 0 Å². The molecule has 1 unspecified atom stereocenters. The first kappa shape index (κ1) is 11.9. The van der Waals surface area contributed by atoms with Gasteiger partial charge in [0.05, 0.1) is 11.9 Å². The Balaban J connectivity index is 2.45. The van der Waals surface area contributed by atoms with E-state index in [4.69, 9.17) is 16.6 Å². The fourth-order valence-electron chi connectivity index (χ4n) is 1.38. The predicted octanol–water partition coefficient (Wildman–Crippen LogP) is -1.75. The lowest BCUT2D eigenvalue weighted by Crippen LogP contribution is -2.32. The molecule has 2 rings (SSSR count). The molecule has 0 bridgehead atoms. The van der Waals surface area contributed by atoms with Crippen molar-refractivity contribution >= 4 is 23.1 Å². The van der Waals surface area contributed by atoms with Crippen molar-refractivity contribution in [1.29, 1.82) is 0 Å². The molecule has 9 heteroatoms. The molecule has 0 amide bonds. The van der Waals surface area contributed by atoms with Crippen LogP contribution in [0.25, 0.3) is 11.2 Å². The number of nitrogens with zero attached hydrogens (tertiary/aromatic N) is 3. The third kappa shape index (κ3) is 2.25. The van der Waals surface area contributed by atoms with E-state index < -0.39 is 17.6 Å². The van der Waals surface area contributed by atoms with Crippen molar-refractivity contribution < 1.29 is 9.90 Å². The van der Waals surface area contributed by atoms with Crippen molar-refractivity contribution in [3.63, 3.8) is 0 Å². The summed E-state index contributed by atoms with van der Waals surface area (Å²) in [6.07, 6.45) is 1.29. The number of aromatic amines is 1. The molecule has 0 aliphatic heterocycles. The number of carboxylic acid groups (broad SMARTS) is 1. The summed E-state index contributed by atoms with van der Waals surface area (Å²) in [5.74, 6) is -1.21. The highest BCUT2D eigenvalue weighted by molar-refractivity contribution is 5.74. The molecule has 18 heavy (non-hydrogen) atoms. The predicted molar refractivity (Wildman–Crippen MR) is 61.7 cm³/mol. The SMILES string of the molecule is Nc1nc2ncc(CC(N)C(=O)O)nc2c(=O)[nH]1. The Kier molecular flexibility index (Phi) is 2.90. The Bertz CT molecular complexity index is 667. The topological polar surface area (TPSA) is 161 Å². The van der Waals surface area contributed by atoms with Gasteiger partial charge in [-0.25, -0.2) is 9.97 Å². The molecule has 2 aromatic rings. The summed E-state index contributed by atoms with van der Waals surface area (Å²) in [4.78, 5) is 36.1. The third-order valence-corrected chi connectivity index (χ3v) is 2.23. The molecule has 2 aromatic heterocycles. The van der Waals surface area contributed by atoms with E-state index in [1.54, 1.807) is 0 Å². The maximum atomic E-state index is 11.5. The quantitative estimate of drug-likeness (QED) is 0.498. The first-order valence-electron chi connectivity index (χ1n) is 4.97. The van der Waals surface area contributed by atoms with Crippen LogP contribution in [-0.2, 0) is 11.2 Å². The Morgan fingerprint density at radius 2 is 2.22 bits per heavy atom. The van der Waals surface area contributed by atoms with Gasteiger partial charge in [-0.2, -0.15) is 4.98 Å². The molecule has 0 spiro atoms. The largest absolute Gasteiger partial charge is 0.480 e. The Hall–Kier alpha value is -2.55. The van der Waals surface area contributed by atoms with Crippen LogP contribution in [0.4, 0.5) is 5.95 Å². The number of anilines is 1. The maximum absolute atomic E-state index is 11.5. The smallest absolute Gasteiger partial charge is 0.320 e. The summed E-state index contributed by atoms with van der Waals surface area (Å²) in [6, 6.07) is -1.10. The fraction of sp³-hybridized carbons (Fsp3) is 0.222. The molecule has 9 nitrogen and oxygen atoms in total. The van der Waals surface area contributed by atoms with Crippen LogP contribution < -0.4 is 17.0 Å². The first-order chi connectivity index (χ1) is 8.47. The zero-order valence-corrected chi connectivity index (χ0v) is 9.12. The lowest BCUT2D eigenvalue weighted by molar-refractivity contribution is -0.138. The van der Waals surface area contributed by atoms with Gasteiger partial charge in [0.2, 0.25) is 5.95 Å². The van der Waals surface area contributed by atoms with Crippen LogP contribution in [0, 0.1) is 0 Å². The van der Waals surface area contributed by atoms with Crippen LogP contribution in [0.15, 0.2) is 11.0 Å². The number of hydrogen-bond donors (Lipinski definition) is 4. The minimum atomic E-state index is -1.15. The molecular weight excluding hydrogens is 240 g/mol. The van der Waals surface area contributed by atoms with E-state index in [-0.39, 0.29) is 23.5 Å². The number of fused-ring (bicyclic) bond motifs is 1. The minimum absolute atomic E-state index is 0.000659. The number of rotatable bonds is 3. The summed E-state index contributed by atoms with van der Waals surface area (Å²) >= 11 is 0. The summed E-state index contributed by atoms with van der Waals surface area (Å²) in [7, 11) is 0. The monoisotopic (exact) mass is 250 g/mol. The van der Waals surface area contributed by atoms with Gasteiger partial charge >= 0.3 is 5.97 Å². The molecule has 0 aromatic carbocycles. The average Bonchev–Trinajstić information content (AvgIpc) is 2.29. The van der Waals surface area contributed by atoms with Crippen molar-refractivity contribution in [2.24, 2.45) is 5.73 Å². The lowest BCUT2D eigenvalue weighted by atomic mass is 10.2. The molecule has 1 atom stereocenters. The van der Waals surface area contributed by atoms with Gasteiger partial charge in [0.1, 0.15) is 6.04 Å². The first-order valence-corrected chi connectivity index (χ1v) is 4.97. The van der Waals surface area contributed by atoms with Gasteiger partial charge in [-0.1, -0.05) is 0 Å². The molecule has 0 aliphatic carbocycles. The zero-order valence-electron chi connectivity index (χ0n) is 9.12. The van der Waals surface area contributed by atoms with E-state index >= 15 is 0 Å². The van der Waals surface area contributed by atoms with E-state index in [9.17, 15) is 9.59 Å². The van der Waals surface area contributed by atoms with Gasteiger partial charge in [-0.3, -0.25) is 14.6 Å². The lowest BCUT2D eigenvalue weighted by Gasteiger charge is -2.05. The number of aliphatic carboxylic acids is 1. The molecule has 0 radical (unpaired) electrons. The van der Waals surface area contributed by atoms with Crippen LogP contribution in [0.2, 0.25) is 0 Å². The molecule has 94 valence electrons. The second-order valence-electron chi connectivity index (χ2n) is 3.63. The number of nitrogens with one attached hydrogen (secondary N) is 1. The highest BCUT2D eigenvalue weighted by atomic mass is 16.4. The second-order valence-corrected chi connectivity index (χ2v) is 3.63. The summed E-state index contributed by atoms with van der Waals surface area (Å²) < 4.78 is 0. The molecule has 6 N–H and O–H groups in total. The van der Waals surface area contributed by atoms with Gasteiger partial charge in [0.15, 0.2) is 11.2 Å². The van der Waals surface area contributed by atoms with Gasteiger partial charge in [-0.15, -0.1) is 0 Å². The molecular formula is C9H10N6O3. The van der Waals surface area contributed by atoms with Crippen molar-refractivity contribution in [3.8, 4) is 0 Å². The van der Waals surface area contributed by atoms with Crippen LogP contribution in [0.5, 0.6) is 0 Å². The summed E-state index contributed by atoms with van der Waals surface area (Å²) in [5.41, 5.74) is 10.6. The normalized spacial score (nSPS) is 12.5. The maximum Gasteiger partial charge on any atom is 0.320 e. The number of aromatic nitrogens is 4. The van der Waals surface area contributed by atoms with Crippen molar-refractivity contribution in [3.05, 3.63) is 22.2 Å². The van der Waals surface area contributed by atoms with E-state index in [0.717, 1.165) is 0 Å². The van der Waals surface area contributed by atoms with E-state index in [2.05, 4.69) is 19.9 Å². The summed E-state index contributed by atoms with van der Waals surface area (Å²) in [5, 5.41) is 8.68. The van der Waals surface area contributed by atoms with Crippen LogP contribution in [0.1, 0.15) is 5.69 Å². The fourth-order valence-corrected chi connectivity index (χ4v) is 1.38. The van der Waals surface area contributed by atoms with Crippen molar-refractivity contribution in [2.75, 3.05) is 5.73 Å². The number of nitrogen functional groups attached to an aromatic ring is 1. The summed E-state index contributed by atoms with van der Waals surface area (Å²) in [6.45, 7) is 0. The Morgan fingerprint density at radius 3 is 2.89 bits per heavy atom. The zero-order chi connectivity index (χ0) is 13.3. The highest BCUT2D eigenvalue weighted by Crippen LogP contribution is 2.04. The molecule has 0 aliphatic rings.